The molecule has 1 saturated heterocycles. The Balaban J connectivity index is 1.89. The largest absolute Gasteiger partial charge is 0.341 e. The van der Waals surface area contributed by atoms with Crippen molar-refractivity contribution in [1.29, 1.82) is 0 Å². The Hall–Kier alpha value is -1.97. The third-order valence-corrected chi connectivity index (χ3v) is 5.61. The maximum atomic E-state index is 12.5. The number of benzene rings is 1. The van der Waals surface area contributed by atoms with E-state index in [-0.39, 0.29) is 17.3 Å². The minimum absolute atomic E-state index is 0.145. The summed E-state index contributed by atoms with van der Waals surface area (Å²) in [6, 6.07) is 7.76. The Morgan fingerprint density at radius 3 is 2.35 bits per heavy atom. The molecule has 0 aromatic heterocycles. The summed E-state index contributed by atoms with van der Waals surface area (Å²) in [4.78, 5) is 23.9. The number of quaternary nitrogens is 1. The van der Waals surface area contributed by atoms with Crippen LogP contribution >= 0.6 is 0 Å². The topological polar surface area (TPSA) is 100 Å². The lowest BCUT2D eigenvalue weighted by atomic mass is 10.3. The van der Waals surface area contributed by atoms with Gasteiger partial charge in [-0.2, -0.15) is 4.31 Å². The van der Waals surface area contributed by atoms with Crippen LogP contribution in [-0.2, 0) is 14.8 Å². The Morgan fingerprint density at radius 1 is 1.17 bits per heavy atom. The molecule has 3 amide bonds. The summed E-state index contributed by atoms with van der Waals surface area (Å²) in [7, 11) is -2.05. The highest BCUT2D eigenvalue weighted by atomic mass is 32.2. The van der Waals surface area contributed by atoms with Gasteiger partial charge in [-0.25, -0.2) is 13.2 Å². The van der Waals surface area contributed by atoms with E-state index in [4.69, 9.17) is 0 Å². The minimum atomic E-state index is -3.48. The zero-order chi connectivity index (χ0) is 16.9. The van der Waals surface area contributed by atoms with Crippen molar-refractivity contribution >= 4 is 22.0 Å². The number of rotatable bonds is 4. The molecule has 0 aliphatic carbocycles. The molecule has 2 rings (SSSR count). The van der Waals surface area contributed by atoms with Crippen molar-refractivity contribution < 1.29 is 22.9 Å². The molecule has 9 heteroatoms. The van der Waals surface area contributed by atoms with E-state index < -0.39 is 16.1 Å². The summed E-state index contributed by atoms with van der Waals surface area (Å²) in [5, 5.41) is 4.51. The first-order valence-electron chi connectivity index (χ1n) is 7.34. The van der Waals surface area contributed by atoms with Crippen molar-refractivity contribution in [2.45, 2.75) is 4.90 Å². The molecule has 0 bridgehead atoms. The molecule has 0 atom stereocenters. The SMILES string of the molecule is CNC(=O)NC(=O)C[NH+]1CCN(S(=O)(=O)c2ccccc2)CC1. The second-order valence-electron chi connectivity index (χ2n) is 5.27. The first-order chi connectivity index (χ1) is 10.9. The molecule has 1 aromatic carbocycles. The summed E-state index contributed by atoms with van der Waals surface area (Å²) in [6.07, 6.45) is 0. The molecule has 0 unspecified atom stereocenters. The number of nitrogens with one attached hydrogen (secondary N) is 3. The van der Waals surface area contributed by atoms with Crippen LogP contribution in [0.25, 0.3) is 0 Å². The van der Waals surface area contributed by atoms with Crippen molar-refractivity contribution in [3.63, 3.8) is 0 Å². The van der Waals surface area contributed by atoms with Crippen molar-refractivity contribution in [2.24, 2.45) is 0 Å². The van der Waals surface area contributed by atoms with Crippen molar-refractivity contribution in [2.75, 3.05) is 39.8 Å². The van der Waals surface area contributed by atoms with Gasteiger partial charge in [0.25, 0.3) is 5.91 Å². The average Bonchev–Trinajstić information content (AvgIpc) is 2.56. The fourth-order valence-corrected chi connectivity index (χ4v) is 3.88. The van der Waals surface area contributed by atoms with Crippen molar-refractivity contribution in [1.82, 2.24) is 14.9 Å². The number of piperazine rings is 1. The lowest BCUT2D eigenvalue weighted by molar-refractivity contribution is -0.895. The summed E-state index contributed by atoms with van der Waals surface area (Å²) in [5.41, 5.74) is 0. The van der Waals surface area contributed by atoms with E-state index in [0.717, 1.165) is 4.90 Å². The van der Waals surface area contributed by atoms with E-state index in [1.165, 1.54) is 11.4 Å². The molecule has 1 aliphatic heterocycles. The quantitative estimate of drug-likeness (QED) is 0.592. The summed E-state index contributed by atoms with van der Waals surface area (Å²) in [5.74, 6) is -0.376. The van der Waals surface area contributed by atoms with E-state index in [2.05, 4.69) is 10.6 Å². The van der Waals surface area contributed by atoms with Crippen LogP contribution in [0, 0.1) is 0 Å². The Bertz CT molecular complexity index is 655. The van der Waals surface area contributed by atoms with Gasteiger partial charge in [-0.15, -0.1) is 0 Å². The third kappa shape index (κ3) is 4.50. The average molecular weight is 341 g/mol. The van der Waals surface area contributed by atoms with E-state index in [1.54, 1.807) is 30.3 Å². The van der Waals surface area contributed by atoms with Gasteiger partial charge in [0.2, 0.25) is 10.0 Å². The molecule has 8 nitrogen and oxygen atoms in total. The Kier molecular flexibility index (Phi) is 5.69. The zero-order valence-electron chi connectivity index (χ0n) is 12.9. The number of hydrogen-bond acceptors (Lipinski definition) is 4. The highest BCUT2D eigenvalue weighted by Gasteiger charge is 2.31. The molecule has 0 spiro atoms. The standard InChI is InChI=1S/C14H20N4O4S/c1-15-14(20)16-13(19)11-17-7-9-18(10-8-17)23(21,22)12-5-3-2-4-6-12/h2-6H,7-11H2,1H3,(H2,15,16,19,20)/p+1. The second kappa shape index (κ2) is 7.53. The van der Waals surface area contributed by atoms with Crippen molar-refractivity contribution in [3.05, 3.63) is 30.3 Å². The number of urea groups is 1. The van der Waals surface area contributed by atoms with Crippen LogP contribution in [0.2, 0.25) is 0 Å². The molecule has 0 saturated carbocycles. The highest BCUT2D eigenvalue weighted by molar-refractivity contribution is 7.89. The van der Waals surface area contributed by atoms with Crippen LogP contribution in [0.5, 0.6) is 0 Å². The number of nitrogens with zero attached hydrogens (tertiary/aromatic N) is 1. The molecule has 1 heterocycles. The van der Waals surface area contributed by atoms with Crippen LogP contribution in [0.3, 0.4) is 0 Å². The third-order valence-electron chi connectivity index (χ3n) is 3.70. The number of carbonyl (C=O) groups is 2. The smallest absolute Gasteiger partial charge is 0.321 e. The van der Waals surface area contributed by atoms with Crippen LogP contribution in [-0.4, -0.2) is 64.4 Å². The van der Waals surface area contributed by atoms with Gasteiger partial charge in [0.05, 0.1) is 31.1 Å². The Labute approximate surface area is 135 Å². The molecule has 1 fully saturated rings. The minimum Gasteiger partial charge on any atom is -0.341 e. The van der Waals surface area contributed by atoms with Crippen LogP contribution < -0.4 is 15.5 Å². The first kappa shape index (κ1) is 17.4. The van der Waals surface area contributed by atoms with Gasteiger partial charge in [0.1, 0.15) is 0 Å². The van der Waals surface area contributed by atoms with Gasteiger partial charge < -0.3 is 10.2 Å². The van der Waals surface area contributed by atoms with Gasteiger partial charge in [0.15, 0.2) is 6.54 Å². The van der Waals surface area contributed by atoms with E-state index in [0.29, 0.717) is 26.2 Å². The molecule has 0 radical (unpaired) electrons. The van der Waals surface area contributed by atoms with Gasteiger partial charge in [-0.3, -0.25) is 10.1 Å². The number of imide groups is 1. The van der Waals surface area contributed by atoms with Gasteiger partial charge >= 0.3 is 6.03 Å². The maximum Gasteiger partial charge on any atom is 0.321 e. The lowest BCUT2D eigenvalue weighted by Crippen LogP contribution is -3.15. The van der Waals surface area contributed by atoms with Crippen molar-refractivity contribution in [3.8, 4) is 0 Å². The number of amides is 3. The summed E-state index contributed by atoms with van der Waals surface area (Å²) >= 11 is 0. The monoisotopic (exact) mass is 341 g/mol. The molecular formula is C14H21N4O4S+. The van der Waals surface area contributed by atoms with Gasteiger partial charge in [-0.1, -0.05) is 18.2 Å². The van der Waals surface area contributed by atoms with Crippen LogP contribution in [0.1, 0.15) is 0 Å². The first-order valence-corrected chi connectivity index (χ1v) is 8.78. The Morgan fingerprint density at radius 2 is 1.78 bits per heavy atom. The van der Waals surface area contributed by atoms with E-state index in [1.807, 2.05) is 0 Å². The normalized spacial score (nSPS) is 16.7. The highest BCUT2D eigenvalue weighted by Crippen LogP contribution is 2.14. The number of hydrogen-bond donors (Lipinski definition) is 3. The van der Waals surface area contributed by atoms with Gasteiger partial charge in [0, 0.05) is 7.05 Å². The van der Waals surface area contributed by atoms with Gasteiger partial charge in [-0.05, 0) is 12.1 Å². The molecule has 3 N–H and O–H groups in total. The molecule has 1 aliphatic rings. The fraction of sp³-hybridized carbons (Fsp3) is 0.429. The lowest BCUT2D eigenvalue weighted by Gasteiger charge is -2.31. The number of carbonyl (C=O) groups excluding carboxylic acids is 2. The van der Waals surface area contributed by atoms with Crippen LogP contribution in [0.4, 0.5) is 4.79 Å². The molecule has 126 valence electrons. The molecular weight excluding hydrogens is 320 g/mol. The maximum absolute atomic E-state index is 12.5. The second-order valence-corrected chi connectivity index (χ2v) is 7.21. The fourth-order valence-electron chi connectivity index (χ4n) is 2.42. The molecule has 1 aromatic rings. The van der Waals surface area contributed by atoms with E-state index in [9.17, 15) is 18.0 Å². The summed E-state index contributed by atoms with van der Waals surface area (Å²) < 4.78 is 26.4. The molecule has 23 heavy (non-hydrogen) atoms. The van der Waals surface area contributed by atoms with Crippen LogP contribution in [0.15, 0.2) is 35.2 Å². The zero-order valence-corrected chi connectivity index (χ0v) is 13.7. The predicted octanol–water partition coefficient (Wildman–Crippen LogP) is -1.97. The summed E-state index contributed by atoms with van der Waals surface area (Å²) in [6.45, 7) is 1.88. The van der Waals surface area contributed by atoms with E-state index >= 15 is 0 Å². The number of sulfonamides is 1. The predicted molar refractivity (Wildman–Crippen MR) is 83.4 cm³/mol.